The lowest BCUT2D eigenvalue weighted by atomic mass is 10.1. The van der Waals surface area contributed by atoms with Crippen LogP contribution < -0.4 is 5.32 Å². The summed E-state index contributed by atoms with van der Waals surface area (Å²) in [5, 5.41) is 3.98. The van der Waals surface area contributed by atoms with E-state index in [1.165, 1.54) is 0 Å². The SMILES string of the molecule is Cc1ccc(Nc2cnc(-c3cccc(Cl)c3)c(C)c2)c(C(=O)OC(C)(C)C)c1. The molecule has 0 saturated heterocycles. The van der Waals surface area contributed by atoms with Crippen molar-refractivity contribution in [3.05, 3.63) is 76.4 Å². The van der Waals surface area contributed by atoms with Crippen LogP contribution in [0.3, 0.4) is 0 Å². The van der Waals surface area contributed by atoms with Crippen LogP contribution in [0.15, 0.2) is 54.7 Å². The first kappa shape index (κ1) is 20.9. The Labute approximate surface area is 176 Å². The molecule has 0 radical (unpaired) electrons. The van der Waals surface area contributed by atoms with E-state index in [-0.39, 0.29) is 5.97 Å². The number of halogens is 1. The molecule has 0 spiro atoms. The van der Waals surface area contributed by atoms with Crippen molar-refractivity contribution in [2.75, 3.05) is 5.32 Å². The van der Waals surface area contributed by atoms with E-state index in [0.717, 1.165) is 28.1 Å². The van der Waals surface area contributed by atoms with Crippen LogP contribution >= 0.6 is 11.6 Å². The summed E-state index contributed by atoms with van der Waals surface area (Å²) in [6.45, 7) is 9.52. The zero-order valence-electron chi connectivity index (χ0n) is 17.3. The van der Waals surface area contributed by atoms with Gasteiger partial charge in [0, 0.05) is 10.6 Å². The Morgan fingerprint density at radius 1 is 1.07 bits per heavy atom. The Balaban J connectivity index is 1.91. The number of nitrogens with one attached hydrogen (secondary N) is 1. The summed E-state index contributed by atoms with van der Waals surface area (Å²) in [6, 6.07) is 15.3. The number of hydrogen-bond donors (Lipinski definition) is 1. The van der Waals surface area contributed by atoms with E-state index < -0.39 is 5.60 Å². The van der Waals surface area contributed by atoms with Crippen LogP contribution in [0.5, 0.6) is 0 Å². The summed E-state index contributed by atoms with van der Waals surface area (Å²) in [7, 11) is 0. The number of benzene rings is 2. The molecule has 0 fully saturated rings. The second-order valence-corrected chi connectivity index (χ2v) is 8.51. The third-order valence-electron chi connectivity index (χ3n) is 4.25. The molecule has 29 heavy (non-hydrogen) atoms. The van der Waals surface area contributed by atoms with Gasteiger partial charge in [-0.05, 0) is 70.5 Å². The Morgan fingerprint density at radius 2 is 1.83 bits per heavy atom. The number of anilines is 2. The minimum Gasteiger partial charge on any atom is -0.456 e. The van der Waals surface area contributed by atoms with Crippen molar-refractivity contribution < 1.29 is 9.53 Å². The Bertz CT molecular complexity index is 1050. The van der Waals surface area contributed by atoms with Gasteiger partial charge < -0.3 is 10.1 Å². The predicted molar refractivity (Wildman–Crippen MR) is 119 cm³/mol. The molecule has 1 aromatic heterocycles. The van der Waals surface area contributed by atoms with Gasteiger partial charge in [-0.3, -0.25) is 4.98 Å². The van der Waals surface area contributed by atoms with E-state index in [1.54, 1.807) is 6.20 Å². The third-order valence-corrected chi connectivity index (χ3v) is 4.48. The molecular formula is C24H25ClN2O2. The van der Waals surface area contributed by atoms with Crippen LogP contribution in [-0.2, 0) is 4.74 Å². The number of carbonyl (C=O) groups excluding carboxylic acids is 1. The Morgan fingerprint density at radius 3 is 2.48 bits per heavy atom. The van der Waals surface area contributed by atoms with Crippen molar-refractivity contribution in [3.8, 4) is 11.3 Å². The summed E-state index contributed by atoms with van der Waals surface area (Å²) in [6.07, 6.45) is 1.75. The first-order valence-electron chi connectivity index (χ1n) is 9.46. The molecule has 5 heteroatoms. The lowest BCUT2D eigenvalue weighted by Gasteiger charge is -2.21. The number of rotatable bonds is 4. The molecule has 0 atom stereocenters. The predicted octanol–water partition coefficient (Wildman–Crippen LogP) is 6.72. The van der Waals surface area contributed by atoms with Crippen LogP contribution in [0.4, 0.5) is 11.4 Å². The summed E-state index contributed by atoms with van der Waals surface area (Å²) in [4.78, 5) is 17.3. The fourth-order valence-corrected chi connectivity index (χ4v) is 3.20. The fraction of sp³-hybridized carbons (Fsp3) is 0.250. The average molecular weight is 409 g/mol. The summed E-state index contributed by atoms with van der Waals surface area (Å²) in [5.41, 5.74) is 5.24. The number of carbonyl (C=O) groups is 1. The third kappa shape index (κ3) is 5.36. The monoisotopic (exact) mass is 408 g/mol. The number of hydrogen-bond acceptors (Lipinski definition) is 4. The van der Waals surface area contributed by atoms with E-state index in [2.05, 4.69) is 10.3 Å². The molecule has 1 heterocycles. The Kier molecular flexibility index (Phi) is 5.94. The van der Waals surface area contributed by atoms with Gasteiger partial charge in [0.05, 0.1) is 28.8 Å². The van der Waals surface area contributed by atoms with E-state index in [1.807, 2.05) is 83.1 Å². The first-order chi connectivity index (χ1) is 13.6. The lowest BCUT2D eigenvalue weighted by molar-refractivity contribution is 0.00706. The molecule has 1 N–H and O–H groups in total. The number of ether oxygens (including phenoxy) is 1. The molecule has 3 aromatic rings. The standard InChI is InChI=1S/C24H25ClN2O2/c1-15-9-10-21(20(11-15)23(28)29-24(3,4)5)27-19-12-16(2)22(26-14-19)17-7-6-8-18(25)13-17/h6-14,27H,1-5H3. The van der Waals surface area contributed by atoms with Gasteiger partial charge in [0.1, 0.15) is 5.60 Å². The number of pyridine rings is 1. The first-order valence-corrected chi connectivity index (χ1v) is 9.84. The minimum atomic E-state index is -0.561. The van der Waals surface area contributed by atoms with Gasteiger partial charge in [0.2, 0.25) is 0 Å². The van der Waals surface area contributed by atoms with Crippen molar-refractivity contribution in [1.82, 2.24) is 4.98 Å². The van der Waals surface area contributed by atoms with Gasteiger partial charge >= 0.3 is 5.97 Å². The van der Waals surface area contributed by atoms with Crippen molar-refractivity contribution in [2.45, 2.75) is 40.2 Å². The lowest BCUT2D eigenvalue weighted by Crippen LogP contribution is -2.24. The molecule has 0 bridgehead atoms. The summed E-state index contributed by atoms with van der Waals surface area (Å²) in [5.74, 6) is -0.357. The zero-order valence-corrected chi connectivity index (χ0v) is 18.1. The maximum Gasteiger partial charge on any atom is 0.340 e. The molecule has 3 rings (SSSR count). The Hall–Kier alpha value is -2.85. The van der Waals surface area contributed by atoms with Crippen LogP contribution in [0.25, 0.3) is 11.3 Å². The summed E-state index contributed by atoms with van der Waals surface area (Å²) < 4.78 is 5.56. The van der Waals surface area contributed by atoms with E-state index in [4.69, 9.17) is 16.3 Å². The van der Waals surface area contributed by atoms with Gasteiger partial charge in [0.25, 0.3) is 0 Å². The van der Waals surface area contributed by atoms with Gasteiger partial charge in [0.15, 0.2) is 0 Å². The topological polar surface area (TPSA) is 51.2 Å². The highest BCUT2D eigenvalue weighted by Crippen LogP contribution is 2.28. The molecule has 0 amide bonds. The second-order valence-electron chi connectivity index (χ2n) is 8.08. The molecule has 0 unspecified atom stereocenters. The van der Waals surface area contributed by atoms with Crippen LogP contribution in [0.1, 0.15) is 42.3 Å². The van der Waals surface area contributed by atoms with Crippen molar-refractivity contribution in [3.63, 3.8) is 0 Å². The van der Waals surface area contributed by atoms with Gasteiger partial charge in [-0.15, -0.1) is 0 Å². The van der Waals surface area contributed by atoms with Crippen molar-refractivity contribution in [1.29, 1.82) is 0 Å². The molecule has 4 nitrogen and oxygen atoms in total. The molecule has 0 aliphatic heterocycles. The highest BCUT2D eigenvalue weighted by Gasteiger charge is 2.21. The number of aromatic nitrogens is 1. The van der Waals surface area contributed by atoms with Crippen molar-refractivity contribution >= 4 is 28.9 Å². The molecule has 0 aliphatic carbocycles. The van der Waals surface area contributed by atoms with Crippen LogP contribution in [-0.4, -0.2) is 16.6 Å². The van der Waals surface area contributed by atoms with E-state index in [0.29, 0.717) is 16.3 Å². The van der Waals surface area contributed by atoms with Crippen molar-refractivity contribution in [2.24, 2.45) is 0 Å². The second kappa shape index (κ2) is 8.26. The van der Waals surface area contributed by atoms with E-state index in [9.17, 15) is 4.79 Å². The minimum absolute atomic E-state index is 0.357. The highest BCUT2D eigenvalue weighted by atomic mass is 35.5. The number of nitrogens with zero attached hydrogens (tertiary/aromatic N) is 1. The average Bonchev–Trinajstić information content (AvgIpc) is 2.62. The maximum atomic E-state index is 12.7. The van der Waals surface area contributed by atoms with Gasteiger partial charge in [-0.25, -0.2) is 4.79 Å². The highest BCUT2D eigenvalue weighted by molar-refractivity contribution is 6.30. The van der Waals surface area contributed by atoms with Crippen LogP contribution in [0.2, 0.25) is 5.02 Å². The van der Waals surface area contributed by atoms with Gasteiger partial charge in [-0.2, -0.15) is 0 Å². The molecular weight excluding hydrogens is 384 g/mol. The molecule has 150 valence electrons. The normalized spacial score (nSPS) is 11.2. The van der Waals surface area contributed by atoms with Crippen LogP contribution in [0, 0.1) is 13.8 Å². The molecule has 0 aliphatic rings. The fourth-order valence-electron chi connectivity index (χ4n) is 3.01. The quantitative estimate of drug-likeness (QED) is 0.487. The smallest absolute Gasteiger partial charge is 0.340 e. The van der Waals surface area contributed by atoms with Gasteiger partial charge in [-0.1, -0.05) is 35.4 Å². The zero-order chi connectivity index (χ0) is 21.2. The molecule has 2 aromatic carbocycles. The number of aryl methyl sites for hydroxylation is 2. The number of esters is 1. The largest absolute Gasteiger partial charge is 0.456 e. The van der Waals surface area contributed by atoms with E-state index >= 15 is 0 Å². The molecule has 0 saturated carbocycles. The maximum absolute atomic E-state index is 12.7. The summed E-state index contributed by atoms with van der Waals surface area (Å²) >= 11 is 6.11.